The van der Waals surface area contributed by atoms with Gasteiger partial charge in [0.2, 0.25) is 0 Å². The minimum atomic E-state index is 0.900. The molecule has 1 aliphatic heterocycles. The van der Waals surface area contributed by atoms with E-state index < -0.39 is 0 Å². The average molecular weight is 214 g/mol. The van der Waals surface area contributed by atoms with Crippen LogP contribution in [0.4, 0.5) is 0 Å². The van der Waals surface area contributed by atoms with Crippen molar-refractivity contribution in [3.05, 3.63) is 35.4 Å². The van der Waals surface area contributed by atoms with Gasteiger partial charge < -0.3 is 0 Å². The molecule has 2 nitrogen and oxygen atoms in total. The lowest BCUT2D eigenvalue weighted by Gasteiger charge is -2.07. The first kappa shape index (κ1) is 11.1. The molecular formula is C14H18N2. The van der Waals surface area contributed by atoms with E-state index in [1.54, 1.807) is 0 Å². The van der Waals surface area contributed by atoms with Crippen molar-refractivity contribution < 1.29 is 0 Å². The molecule has 1 aromatic carbocycles. The first-order valence-electron chi connectivity index (χ1n) is 6.08. The van der Waals surface area contributed by atoms with Gasteiger partial charge in [-0.3, -0.25) is 0 Å². The van der Waals surface area contributed by atoms with Crippen molar-refractivity contribution in [3.63, 3.8) is 0 Å². The van der Waals surface area contributed by atoms with Crippen molar-refractivity contribution in [3.8, 4) is 0 Å². The predicted octanol–water partition coefficient (Wildman–Crippen LogP) is 3.60. The molecule has 0 fully saturated rings. The Morgan fingerprint density at radius 1 is 1.19 bits per heavy atom. The summed E-state index contributed by atoms with van der Waals surface area (Å²) in [5.41, 5.74) is 3.79. The lowest BCUT2D eigenvalue weighted by atomic mass is 9.97. The Bertz CT molecular complexity index is 405. The van der Waals surface area contributed by atoms with Crippen molar-refractivity contribution >= 4 is 11.9 Å². The SMILES string of the molecule is CCCCCC1=NN=CCc2ccccc21. The van der Waals surface area contributed by atoms with Crippen LogP contribution in [0.15, 0.2) is 34.5 Å². The summed E-state index contributed by atoms with van der Waals surface area (Å²) in [6, 6.07) is 8.50. The van der Waals surface area contributed by atoms with Crippen molar-refractivity contribution in [1.82, 2.24) is 0 Å². The molecule has 0 unspecified atom stereocenters. The number of hydrogen-bond acceptors (Lipinski definition) is 2. The van der Waals surface area contributed by atoms with Crippen LogP contribution in [0.5, 0.6) is 0 Å². The maximum atomic E-state index is 4.32. The predicted molar refractivity (Wildman–Crippen MR) is 69.3 cm³/mol. The Hall–Kier alpha value is -1.44. The summed E-state index contributed by atoms with van der Waals surface area (Å²) in [5, 5.41) is 8.43. The number of unbranched alkanes of at least 4 members (excludes halogenated alkanes) is 2. The average Bonchev–Trinajstić information content (AvgIpc) is 2.52. The summed E-state index contributed by atoms with van der Waals surface area (Å²) in [4.78, 5) is 0. The third-order valence-corrected chi connectivity index (χ3v) is 2.92. The highest BCUT2D eigenvalue weighted by Crippen LogP contribution is 2.16. The zero-order chi connectivity index (χ0) is 11.2. The van der Waals surface area contributed by atoms with Gasteiger partial charge in [0.15, 0.2) is 0 Å². The van der Waals surface area contributed by atoms with Gasteiger partial charge in [-0.05, 0) is 18.4 Å². The van der Waals surface area contributed by atoms with Gasteiger partial charge in [-0.2, -0.15) is 10.2 Å². The van der Waals surface area contributed by atoms with Crippen LogP contribution in [0.3, 0.4) is 0 Å². The fourth-order valence-electron chi connectivity index (χ4n) is 2.01. The molecular weight excluding hydrogens is 196 g/mol. The van der Waals surface area contributed by atoms with Crippen LogP contribution < -0.4 is 0 Å². The molecule has 84 valence electrons. The Morgan fingerprint density at radius 2 is 2.06 bits per heavy atom. The highest BCUT2D eigenvalue weighted by molar-refractivity contribution is 6.03. The van der Waals surface area contributed by atoms with Crippen molar-refractivity contribution in [2.45, 2.75) is 39.0 Å². The third kappa shape index (κ3) is 2.57. The molecule has 0 N–H and O–H groups in total. The van der Waals surface area contributed by atoms with E-state index in [-0.39, 0.29) is 0 Å². The Morgan fingerprint density at radius 3 is 2.94 bits per heavy atom. The van der Waals surface area contributed by atoms with Crippen LogP contribution in [-0.2, 0) is 6.42 Å². The van der Waals surface area contributed by atoms with E-state index in [0.717, 1.165) is 18.6 Å². The summed E-state index contributed by atoms with van der Waals surface area (Å²) in [5.74, 6) is 0. The fourth-order valence-corrected chi connectivity index (χ4v) is 2.01. The number of rotatable bonds is 4. The lowest BCUT2D eigenvalue weighted by Crippen LogP contribution is -2.03. The van der Waals surface area contributed by atoms with Gasteiger partial charge in [-0.25, -0.2) is 0 Å². The van der Waals surface area contributed by atoms with Crippen LogP contribution in [-0.4, -0.2) is 11.9 Å². The van der Waals surface area contributed by atoms with Crippen LogP contribution in [0, 0.1) is 0 Å². The largest absolute Gasteiger partial charge is 0.163 e. The Labute approximate surface area is 97.1 Å². The van der Waals surface area contributed by atoms with E-state index in [4.69, 9.17) is 0 Å². The molecule has 0 saturated carbocycles. The molecule has 2 heteroatoms. The highest BCUT2D eigenvalue weighted by atomic mass is 15.2. The van der Waals surface area contributed by atoms with Crippen LogP contribution in [0.2, 0.25) is 0 Å². The van der Waals surface area contributed by atoms with Gasteiger partial charge in [-0.1, -0.05) is 44.0 Å². The quantitative estimate of drug-likeness (QED) is 0.684. The maximum Gasteiger partial charge on any atom is 0.0705 e. The number of benzene rings is 1. The third-order valence-electron chi connectivity index (χ3n) is 2.92. The molecule has 16 heavy (non-hydrogen) atoms. The lowest BCUT2D eigenvalue weighted by molar-refractivity contribution is 0.741. The molecule has 0 aromatic heterocycles. The normalized spacial score (nSPS) is 14.2. The minimum absolute atomic E-state index is 0.900. The first-order valence-corrected chi connectivity index (χ1v) is 6.08. The van der Waals surface area contributed by atoms with Gasteiger partial charge in [0.25, 0.3) is 0 Å². The molecule has 0 radical (unpaired) electrons. The van der Waals surface area contributed by atoms with Crippen molar-refractivity contribution in [2.75, 3.05) is 0 Å². The summed E-state index contributed by atoms with van der Waals surface area (Å²) < 4.78 is 0. The van der Waals surface area contributed by atoms with E-state index in [1.807, 2.05) is 6.21 Å². The van der Waals surface area contributed by atoms with E-state index in [1.165, 1.54) is 30.4 Å². The Balaban J connectivity index is 2.18. The molecule has 1 heterocycles. The van der Waals surface area contributed by atoms with Crippen molar-refractivity contribution in [1.29, 1.82) is 0 Å². The standard InChI is InChI=1S/C14H18N2/c1-2-3-4-9-14-13-8-6-5-7-12(13)10-11-15-16-14/h5-8,11H,2-4,9-10H2,1H3. The number of nitrogens with zero attached hydrogens (tertiary/aromatic N) is 2. The van der Waals surface area contributed by atoms with E-state index in [2.05, 4.69) is 41.4 Å². The van der Waals surface area contributed by atoms with Crippen molar-refractivity contribution in [2.24, 2.45) is 10.2 Å². The number of hydrogen-bond donors (Lipinski definition) is 0. The summed E-state index contributed by atoms with van der Waals surface area (Å²) >= 11 is 0. The second kappa shape index (κ2) is 5.59. The number of fused-ring (bicyclic) bond motifs is 1. The van der Waals surface area contributed by atoms with Gasteiger partial charge >= 0.3 is 0 Å². The summed E-state index contributed by atoms with van der Waals surface area (Å²) in [6.07, 6.45) is 7.56. The molecule has 0 atom stereocenters. The zero-order valence-corrected chi connectivity index (χ0v) is 9.82. The minimum Gasteiger partial charge on any atom is -0.163 e. The zero-order valence-electron chi connectivity index (χ0n) is 9.82. The molecule has 0 amide bonds. The second-order valence-electron chi connectivity index (χ2n) is 4.16. The first-order chi connectivity index (χ1) is 7.92. The molecule has 0 aliphatic carbocycles. The molecule has 0 spiro atoms. The van der Waals surface area contributed by atoms with Gasteiger partial charge in [0, 0.05) is 18.2 Å². The van der Waals surface area contributed by atoms with E-state index >= 15 is 0 Å². The fraction of sp³-hybridized carbons (Fsp3) is 0.429. The monoisotopic (exact) mass is 214 g/mol. The Kier molecular flexibility index (Phi) is 3.86. The topological polar surface area (TPSA) is 24.7 Å². The smallest absolute Gasteiger partial charge is 0.0705 e. The second-order valence-corrected chi connectivity index (χ2v) is 4.16. The van der Waals surface area contributed by atoms with E-state index in [0.29, 0.717) is 0 Å². The van der Waals surface area contributed by atoms with Gasteiger partial charge in [0.05, 0.1) is 5.71 Å². The summed E-state index contributed by atoms with van der Waals surface area (Å²) in [7, 11) is 0. The molecule has 2 rings (SSSR count). The molecule has 1 aliphatic rings. The van der Waals surface area contributed by atoms with Gasteiger partial charge in [-0.15, -0.1) is 0 Å². The van der Waals surface area contributed by atoms with Gasteiger partial charge in [0.1, 0.15) is 0 Å². The van der Waals surface area contributed by atoms with Crippen LogP contribution in [0.25, 0.3) is 0 Å². The molecule has 0 bridgehead atoms. The summed E-state index contributed by atoms with van der Waals surface area (Å²) in [6.45, 7) is 2.22. The maximum absolute atomic E-state index is 4.32. The highest BCUT2D eigenvalue weighted by Gasteiger charge is 2.10. The van der Waals surface area contributed by atoms with Crippen LogP contribution in [0.1, 0.15) is 43.7 Å². The molecule has 0 saturated heterocycles. The van der Waals surface area contributed by atoms with E-state index in [9.17, 15) is 0 Å². The van der Waals surface area contributed by atoms with Crippen LogP contribution >= 0.6 is 0 Å². The molecule has 1 aromatic rings.